The highest BCUT2D eigenvalue weighted by atomic mass is 32.2. The third-order valence-corrected chi connectivity index (χ3v) is 5.08. The summed E-state index contributed by atoms with van der Waals surface area (Å²) in [5.74, 6) is 0.755. The van der Waals surface area contributed by atoms with E-state index in [-0.39, 0.29) is 17.7 Å². The predicted octanol–water partition coefficient (Wildman–Crippen LogP) is 1.06. The van der Waals surface area contributed by atoms with Crippen molar-refractivity contribution in [2.45, 2.75) is 31.6 Å². The second-order valence-electron chi connectivity index (χ2n) is 5.57. The lowest BCUT2D eigenvalue weighted by atomic mass is 10.0. The number of hydrogen-bond acceptors (Lipinski definition) is 6. The quantitative estimate of drug-likeness (QED) is 0.819. The average molecular weight is 297 g/mol. The summed E-state index contributed by atoms with van der Waals surface area (Å²) in [6, 6.07) is -0.0664. The molecule has 0 unspecified atom stereocenters. The number of rotatable bonds is 5. The number of hydrogen-bond donors (Lipinski definition) is 1. The van der Waals surface area contributed by atoms with E-state index >= 15 is 0 Å². The van der Waals surface area contributed by atoms with Gasteiger partial charge in [0, 0.05) is 12.4 Å². The van der Waals surface area contributed by atoms with Gasteiger partial charge in [-0.1, -0.05) is 0 Å². The van der Waals surface area contributed by atoms with Crippen LogP contribution in [-0.2, 0) is 10.1 Å². The van der Waals surface area contributed by atoms with Gasteiger partial charge in [-0.2, -0.15) is 8.42 Å². The molecule has 0 bridgehead atoms. The highest BCUT2D eigenvalue weighted by molar-refractivity contribution is 7.87. The summed E-state index contributed by atoms with van der Waals surface area (Å²) < 4.78 is 28.9. The van der Waals surface area contributed by atoms with Gasteiger partial charge in [-0.3, -0.25) is 0 Å². The first-order chi connectivity index (χ1) is 9.62. The Kier molecular flexibility index (Phi) is 3.89. The molecular weight excluding hydrogens is 278 g/mol. The van der Waals surface area contributed by atoms with Crippen LogP contribution in [0.15, 0.2) is 12.4 Å². The van der Waals surface area contributed by atoms with Crippen LogP contribution in [0.1, 0.15) is 37.2 Å². The largest absolute Gasteiger partial charge is 0.343 e. The zero-order valence-electron chi connectivity index (χ0n) is 11.3. The molecule has 2 heterocycles. The van der Waals surface area contributed by atoms with Gasteiger partial charge in [-0.15, -0.1) is 0 Å². The molecule has 1 aromatic rings. The van der Waals surface area contributed by atoms with Crippen LogP contribution in [0.5, 0.6) is 6.01 Å². The number of aromatic nitrogens is 2. The predicted molar refractivity (Wildman–Crippen MR) is 74.0 cm³/mol. The van der Waals surface area contributed by atoms with Gasteiger partial charge in [0.25, 0.3) is 0 Å². The van der Waals surface area contributed by atoms with E-state index in [0.717, 1.165) is 44.3 Å². The Labute approximate surface area is 119 Å². The Morgan fingerprint density at radius 2 is 1.80 bits per heavy atom. The molecule has 0 radical (unpaired) electrons. The van der Waals surface area contributed by atoms with Crippen LogP contribution in [-0.4, -0.2) is 37.2 Å². The van der Waals surface area contributed by atoms with Crippen LogP contribution in [0.4, 0.5) is 0 Å². The summed E-state index contributed by atoms with van der Waals surface area (Å²) in [7, 11) is -3.60. The molecule has 2 fully saturated rings. The standard InChI is InChI=1S/C13H19N3O3S/c17-20(18,9-10-3-5-14-6-4-10)19-13-15-7-12(8-16-13)11-1-2-11/h7-8,10-11,14H,1-6,9H2. The highest BCUT2D eigenvalue weighted by Crippen LogP contribution is 2.39. The van der Waals surface area contributed by atoms with Gasteiger partial charge in [-0.05, 0) is 56.2 Å². The van der Waals surface area contributed by atoms with E-state index in [1.54, 1.807) is 12.4 Å². The van der Waals surface area contributed by atoms with Crippen LogP contribution in [0.25, 0.3) is 0 Å². The first kappa shape index (κ1) is 13.8. The molecule has 1 aliphatic heterocycles. The molecule has 1 saturated carbocycles. The third-order valence-electron chi connectivity index (χ3n) is 3.80. The SMILES string of the molecule is O=S(=O)(CC1CCNCC1)Oc1ncc(C2CC2)cn1. The first-order valence-electron chi connectivity index (χ1n) is 7.07. The summed E-state index contributed by atoms with van der Waals surface area (Å²) in [6.07, 6.45) is 7.39. The molecule has 20 heavy (non-hydrogen) atoms. The van der Waals surface area contributed by atoms with E-state index in [9.17, 15) is 8.42 Å². The van der Waals surface area contributed by atoms with E-state index in [4.69, 9.17) is 4.18 Å². The van der Waals surface area contributed by atoms with Crippen molar-refractivity contribution < 1.29 is 12.6 Å². The Morgan fingerprint density at radius 3 is 2.40 bits per heavy atom. The number of nitrogens with zero attached hydrogens (tertiary/aromatic N) is 2. The highest BCUT2D eigenvalue weighted by Gasteiger charge is 2.26. The Bertz CT molecular complexity index is 549. The molecule has 0 spiro atoms. The summed E-state index contributed by atoms with van der Waals surface area (Å²) in [5, 5.41) is 3.21. The fraction of sp³-hybridized carbons (Fsp3) is 0.692. The van der Waals surface area contributed by atoms with E-state index < -0.39 is 10.1 Å². The second kappa shape index (κ2) is 5.65. The third kappa shape index (κ3) is 3.67. The molecule has 3 rings (SSSR count). The normalized spacial score (nSPS) is 20.8. The maximum Gasteiger partial charge on any atom is 0.332 e. The van der Waals surface area contributed by atoms with Gasteiger partial charge in [0.05, 0.1) is 5.75 Å². The monoisotopic (exact) mass is 297 g/mol. The zero-order chi connectivity index (χ0) is 14.0. The first-order valence-corrected chi connectivity index (χ1v) is 8.65. The lowest BCUT2D eigenvalue weighted by Gasteiger charge is -2.21. The minimum Gasteiger partial charge on any atom is -0.343 e. The van der Waals surface area contributed by atoms with E-state index in [1.807, 2.05) is 0 Å². The maximum absolute atomic E-state index is 12.0. The molecule has 6 nitrogen and oxygen atoms in total. The molecule has 1 aliphatic carbocycles. The Balaban J connectivity index is 1.59. The van der Waals surface area contributed by atoms with Crippen LogP contribution in [0.2, 0.25) is 0 Å². The van der Waals surface area contributed by atoms with Crippen molar-refractivity contribution in [1.82, 2.24) is 15.3 Å². The van der Waals surface area contributed by atoms with Crippen LogP contribution in [0.3, 0.4) is 0 Å². The van der Waals surface area contributed by atoms with Crippen molar-refractivity contribution in [1.29, 1.82) is 0 Å². The van der Waals surface area contributed by atoms with Gasteiger partial charge in [0.15, 0.2) is 0 Å². The van der Waals surface area contributed by atoms with Crippen molar-refractivity contribution in [2.24, 2.45) is 5.92 Å². The van der Waals surface area contributed by atoms with Crippen LogP contribution < -0.4 is 9.50 Å². The molecule has 1 saturated heterocycles. The lowest BCUT2D eigenvalue weighted by molar-refractivity contribution is 0.386. The fourth-order valence-electron chi connectivity index (χ4n) is 2.48. The van der Waals surface area contributed by atoms with Gasteiger partial charge >= 0.3 is 16.1 Å². The van der Waals surface area contributed by atoms with Crippen molar-refractivity contribution in [3.8, 4) is 6.01 Å². The van der Waals surface area contributed by atoms with E-state index in [2.05, 4.69) is 15.3 Å². The van der Waals surface area contributed by atoms with Crippen molar-refractivity contribution >= 4 is 10.1 Å². The summed E-state index contributed by atoms with van der Waals surface area (Å²) in [4.78, 5) is 7.99. The molecule has 110 valence electrons. The van der Waals surface area contributed by atoms with E-state index in [0.29, 0.717) is 5.92 Å². The number of nitrogens with one attached hydrogen (secondary N) is 1. The smallest absolute Gasteiger partial charge is 0.332 e. The summed E-state index contributed by atoms with van der Waals surface area (Å²) >= 11 is 0. The topological polar surface area (TPSA) is 81.2 Å². The van der Waals surface area contributed by atoms with Crippen molar-refractivity contribution in [3.05, 3.63) is 18.0 Å². The van der Waals surface area contributed by atoms with Gasteiger partial charge in [-0.25, -0.2) is 9.97 Å². The van der Waals surface area contributed by atoms with Gasteiger partial charge < -0.3 is 9.50 Å². The molecule has 0 amide bonds. The molecule has 7 heteroatoms. The van der Waals surface area contributed by atoms with E-state index in [1.165, 1.54) is 0 Å². The minimum atomic E-state index is -3.60. The fourth-order valence-corrected chi connectivity index (χ4v) is 3.77. The van der Waals surface area contributed by atoms with Crippen LogP contribution in [0, 0.1) is 5.92 Å². The Morgan fingerprint density at radius 1 is 1.15 bits per heavy atom. The van der Waals surface area contributed by atoms with Crippen molar-refractivity contribution in [3.63, 3.8) is 0 Å². The Hall–Kier alpha value is -1.21. The number of piperidine rings is 1. The van der Waals surface area contributed by atoms with Crippen molar-refractivity contribution in [2.75, 3.05) is 18.8 Å². The molecule has 0 atom stereocenters. The summed E-state index contributed by atoms with van der Waals surface area (Å²) in [5.41, 5.74) is 1.06. The second-order valence-corrected chi connectivity index (χ2v) is 7.19. The van der Waals surface area contributed by atoms with Gasteiger partial charge in [0.1, 0.15) is 0 Å². The van der Waals surface area contributed by atoms with Gasteiger partial charge in [0.2, 0.25) is 0 Å². The lowest BCUT2D eigenvalue weighted by Crippen LogP contribution is -2.32. The van der Waals surface area contributed by atoms with Crippen LogP contribution >= 0.6 is 0 Å². The molecule has 0 aromatic carbocycles. The maximum atomic E-state index is 12.0. The zero-order valence-corrected chi connectivity index (χ0v) is 12.1. The molecule has 1 aromatic heterocycles. The average Bonchev–Trinajstić information content (AvgIpc) is 3.24. The minimum absolute atomic E-state index is 0.0441. The summed E-state index contributed by atoms with van der Waals surface area (Å²) in [6.45, 7) is 1.74. The molecule has 1 N–H and O–H groups in total. The molecular formula is C13H19N3O3S. The molecule has 2 aliphatic rings.